The Labute approximate surface area is 212 Å². The van der Waals surface area contributed by atoms with E-state index in [9.17, 15) is 24.2 Å². The maximum absolute atomic E-state index is 11.9. The van der Waals surface area contributed by atoms with E-state index in [0.29, 0.717) is 5.02 Å². The fourth-order valence-corrected chi connectivity index (χ4v) is 6.39. The minimum atomic E-state index is -4.85. The summed E-state index contributed by atoms with van der Waals surface area (Å²) < 4.78 is 34.2. The lowest BCUT2D eigenvalue weighted by Gasteiger charge is -2.18. The van der Waals surface area contributed by atoms with E-state index in [-0.39, 0.29) is 28.8 Å². The maximum Gasteiger partial charge on any atom is 0.340 e. The van der Waals surface area contributed by atoms with Gasteiger partial charge in [-0.3, -0.25) is 9.13 Å². The molecule has 36 heavy (non-hydrogen) atoms. The summed E-state index contributed by atoms with van der Waals surface area (Å²) in [6, 6.07) is 7.13. The molecule has 6 N–H and O–H groups in total. The Morgan fingerprint density at radius 3 is 2.53 bits per heavy atom. The number of halogens is 2. The summed E-state index contributed by atoms with van der Waals surface area (Å²) in [5.41, 5.74) is 0.983. The van der Waals surface area contributed by atoms with Gasteiger partial charge in [-0.1, -0.05) is 35.0 Å². The van der Waals surface area contributed by atoms with Crippen molar-refractivity contribution in [3.63, 3.8) is 0 Å². The van der Waals surface area contributed by atoms with Gasteiger partial charge in [0.25, 0.3) is 0 Å². The minimum absolute atomic E-state index is 0.0452. The van der Waals surface area contributed by atoms with Gasteiger partial charge in [0.05, 0.1) is 6.61 Å². The molecule has 3 heterocycles. The lowest BCUT2D eigenvalue weighted by atomic mass is 10.1. The normalized spacial score (nSPS) is 24.2. The van der Waals surface area contributed by atoms with E-state index in [0.717, 1.165) is 10.2 Å². The van der Waals surface area contributed by atoms with Crippen LogP contribution < -0.4 is 5.32 Å². The zero-order chi connectivity index (χ0) is 26.3. The van der Waals surface area contributed by atoms with Crippen molar-refractivity contribution in [3.8, 4) is 0 Å². The van der Waals surface area contributed by atoms with Crippen LogP contribution in [0.1, 0.15) is 11.8 Å². The molecule has 196 valence electrons. The number of hydrogen-bond acceptors (Lipinski definition) is 11. The average molecular weight is 585 g/mol. The van der Waals surface area contributed by atoms with Crippen LogP contribution in [0.15, 0.2) is 24.3 Å². The van der Waals surface area contributed by atoms with Gasteiger partial charge < -0.3 is 39.5 Å². The highest BCUT2D eigenvalue weighted by molar-refractivity contribution is 7.70. The molecule has 5 atom stereocenters. The van der Waals surface area contributed by atoms with E-state index < -0.39 is 52.2 Å². The van der Waals surface area contributed by atoms with Crippen molar-refractivity contribution in [2.75, 3.05) is 17.8 Å². The smallest absolute Gasteiger partial charge is 0.340 e. The summed E-state index contributed by atoms with van der Waals surface area (Å²) in [6.45, 7) is -0.485. The summed E-state index contributed by atoms with van der Waals surface area (Å²) in [5.74, 6) is -1.20. The van der Waals surface area contributed by atoms with Gasteiger partial charge in [0.2, 0.25) is 5.28 Å². The summed E-state index contributed by atoms with van der Waals surface area (Å²) in [4.78, 5) is 35.6. The molecule has 1 saturated heterocycles. The maximum atomic E-state index is 11.9. The molecule has 1 aliphatic rings. The Kier molecular flexibility index (Phi) is 8.01. The Hall–Kier alpha value is -1.74. The van der Waals surface area contributed by atoms with Gasteiger partial charge in [0, 0.05) is 11.6 Å². The first kappa shape index (κ1) is 27.3. The number of nitrogens with one attached hydrogen (secondary N) is 1. The Morgan fingerprint density at radius 1 is 1.11 bits per heavy atom. The number of fused-ring (bicyclic) bond motifs is 1. The van der Waals surface area contributed by atoms with Crippen molar-refractivity contribution in [2.45, 2.75) is 31.1 Å². The van der Waals surface area contributed by atoms with E-state index in [4.69, 9.17) is 42.2 Å². The summed E-state index contributed by atoms with van der Waals surface area (Å²) in [5, 5.41) is 32.2. The van der Waals surface area contributed by atoms with Gasteiger partial charge in [-0.2, -0.15) is 14.6 Å². The predicted molar refractivity (Wildman–Crippen MR) is 126 cm³/mol. The first-order valence-electron chi connectivity index (χ1n) is 10.1. The van der Waals surface area contributed by atoms with Crippen LogP contribution in [0.2, 0.25) is 10.3 Å². The Morgan fingerprint density at radius 2 is 1.83 bits per heavy atom. The minimum Gasteiger partial charge on any atom is -0.387 e. The number of ether oxygens (including phenoxy) is 1. The lowest BCUT2D eigenvalue weighted by molar-refractivity contribution is -0.0549. The van der Waals surface area contributed by atoms with E-state index in [2.05, 4.69) is 25.6 Å². The molecule has 0 bridgehead atoms. The van der Waals surface area contributed by atoms with Crippen LogP contribution in [-0.4, -0.2) is 80.7 Å². The largest absolute Gasteiger partial charge is 0.387 e. The number of benzene rings is 1. The molecule has 0 amide bonds. The van der Waals surface area contributed by atoms with Crippen LogP contribution in [-0.2, 0) is 24.9 Å². The SMILES string of the molecule is O=P(O)(O)CP(=O)(O)OC[C@H]1O[C@@H](n2nnc3c(NCc4ccccc4Cl)nc(Cl)nc32)[C@@H](O)[C@@H]1O. The van der Waals surface area contributed by atoms with E-state index in [1.807, 2.05) is 12.1 Å². The van der Waals surface area contributed by atoms with Crippen LogP contribution in [0.4, 0.5) is 5.82 Å². The molecule has 0 spiro atoms. The van der Waals surface area contributed by atoms with Crippen LogP contribution in [0.25, 0.3) is 11.2 Å². The first-order valence-corrected chi connectivity index (χ1v) is 14.4. The number of rotatable bonds is 9. The van der Waals surface area contributed by atoms with E-state index >= 15 is 0 Å². The van der Waals surface area contributed by atoms with Gasteiger partial charge in [-0.15, -0.1) is 5.10 Å². The van der Waals surface area contributed by atoms with E-state index in [1.165, 1.54) is 0 Å². The number of hydrogen-bond donors (Lipinski definition) is 6. The summed E-state index contributed by atoms with van der Waals surface area (Å²) in [7, 11) is -9.55. The second kappa shape index (κ2) is 10.6. The van der Waals surface area contributed by atoms with Crippen LogP contribution >= 0.6 is 38.4 Å². The van der Waals surface area contributed by atoms with Crippen LogP contribution in [0.5, 0.6) is 0 Å². The fraction of sp³-hybridized carbons (Fsp3) is 0.412. The van der Waals surface area contributed by atoms with Gasteiger partial charge >= 0.3 is 15.2 Å². The quantitative estimate of drug-likeness (QED) is 0.153. The number of aliphatic hydroxyl groups excluding tert-OH is 2. The van der Waals surface area contributed by atoms with Crippen molar-refractivity contribution in [2.24, 2.45) is 0 Å². The zero-order valence-electron chi connectivity index (χ0n) is 18.0. The van der Waals surface area contributed by atoms with E-state index in [1.54, 1.807) is 12.1 Å². The molecule has 3 aromatic rings. The van der Waals surface area contributed by atoms with Crippen LogP contribution in [0, 0.1) is 0 Å². The third-order valence-electron chi connectivity index (χ3n) is 5.08. The second-order valence-electron chi connectivity index (χ2n) is 7.78. The third-order valence-corrected chi connectivity index (χ3v) is 9.08. The molecule has 15 nitrogen and oxygen atoms in total. The van der Waals surface area contributed by atoms with Crippen LogP contribution in [0.3, 0.4) is 0 Å². The molecule has 4 rings (SSSR count). The number of anilines is 1. The van der Waals surface area contributed by atoms with Gasteiger partial charge in [-0.25, -0.2) is 0 Å². The van der Waals surface area contributed by atoms with Crippen molar-refractivity contribution < 1.29 is 43.3 Å². The monoisotopic (exact) mass is 584 g/mol. The topological polar surface area (TPSA) is 222 Å². The Balaban J connectivity index is 1.53. The molecule has 1 aromatic carbocycles. The Bertz CT molecular complexity index is 1360. The van der Waals surface area contributed by atoms with Gasteiger partial charge in [0.15, 0.2) is 29.1 Å². The molecular weight excluding hydrogens is 565 g/mol. The fourth-order valence-electron chi connectivity index (χ4n) is 3.45. The highest BCUT2D eigenvalue weighted by Crippen LogP contribution is 2.55. The molecule has 2 aromatic heterocycles. The second-order valence-corrected chi connectivity index (χ2v) is 12.5. The highest BCUT2D eigenvalue weighted by atomic mass is 35.5. The van der Waals surface area contributed by atoms with Crippen molar-refractivity contribution in [1.29, 1.82) is 0 Å². The third kappa shape index (κ3) is 6.21. The molecule has 19 heteroatoms. The van der Waals surface area contributed by atoms with Crippen molar-refractivity contribution in [1.82, 2.24) is 25.0 Å². The number of aromatic nitrogens is 5. The zero-order valence-corrected chi connectivity index (χ0v) is 21.3. The molecule has 1 fully saturated rings. The van der Waals surface area contributed by atoms with Gasteiger partial charge in [0.1, 0.15) is 18.3 Å². The highest BCUT2D eigenvalue weighted by Gasteiger charge is 2.46. The van der Waals surface area contributed by atoms with Crippen molar-refractivity contribution >= 4 is 55.4 Å². The summed E-state index contributed by atoms with van der Waals surface area (Å²) >= 11 is 12.2. The molecule has 0 saturated carbocycles. The molecule has 1 aliphatic heterocycles. The lowest BCUT2D eigenvalue weighted by Crippen LogP contribution is -2.33. The van der Waals surface area contributed by atoms with Gasteiger partial charge in [-0.05, 0) is 23.2 Å². The molecule has 0 aliphatic carbocycles. The molecule has 0 radical (unpaired) electrons. The first-order chi connectivity index (χ1) is 16.8. The number of aliphatic hydroxyl groups is 2. The summed E-state index contributed by atoms with van der Waals surface area (Å²) in [6.07, 6.45) is -5.92. The molecular formula is C17H20Cl2N6O9P2. The predicted octanol–water partition coefficient (Wildman–Crippen LogP) is 1.10. The molecule has 1 unspecified atom stereocenters. The number of nitrogens with zero attached hydrogens (tertiary/aromatic N) is 5. The average Bonchev–Trinajstić information content (AvgIpc) is 3.31. The van der Waals surface area contributed by atoms with Crippen molar-refractivity contribution in [3.05, 3.63) is 40.1 Å². The standard InChI is InChI=1S/C17H20Cl2N6O9P2/c18-9-4-2-1-3-8(9)5-20-14-11-15(22-17(19)21-14)25(24-23-11)16-13(27)12(26)10(34-16)6-33-36(31,32)7-35(28,29)30/h1-4,10,12-13,16,26-27H,5-7H2,(H,31,32)(H,20,21,22)(H2,28,29,30)/t10-,12-,13+,16-/m1/s1.